The number of benzene rings is 1. The standard InChI is InChI=1S/C11H14ClFN2O/c12-8-5-9(13)7-10(6-8)15-11(16)3-1-2-4-14/h5-7H,1-4,14H2,(H,15,16). The summed E-state index contributed by atoms with van der Waals surface area (Å²) in [5.74, 6) is -0.625. The zero-order chi connectivity index (χ0) is 12.0. The number of hydrogen-bond acceptors (Lipinski definition) is 2. The molecule has 0 aromatic heterocycles. The molecule has 88 valence electrons. The van der Waals surface area contributed by atoms with E-state index in [4.69, 9.17) is 17.3 Å². The first-order chi connectivity index (χ1) is 7.61. The summed E-state index contributed by atoms with van der Waals surface area (Å²) >= 11 is 5.65. The highest BCUT2D eigenvalue weighted by Gasteiger charge is 2.04. The number of halogens is 2. The average molecular weight is 245 g/mol. The number of nitrogens with two attached hydrogens (primary N) is 1. The molecule has 0 unspecified atom stereocenters. The van der Waals surface area contributed by atoms with Gasteiger partial charge >= 0.3 is 0 Å². The lowest BCUT2D eigenvalue weighted by Gasteiger charge is -2.05. The molecule has 0 aliphatic rings. The fraction of sp³-hybridized carbons (Fsp3) is 0.364. The van der Waals surface area contributed by atoms with Gasteiger partial charge in [-0.05, 0) is 37.6 Å². The van der Waals surface area contributed by atoms with Crippen LogP contribution in [-0.2, 0) is 4.79 Å². The third-order valence-electron chi connectivity index (χ3n) is 2.00. The van der Waals surface area contributed by atoms with Crippen molar-refractivity contribution in [1.29, 1.82) is 0 Å². The Morgan fingerprint density at radius 1 is 1.38 bits per heavy atom. The van der Waals surface area contributed by atoms with Crippen molar-refractivity contribution in [3.63, 3.8) is 0 Å². The predicted octanol–water partition coefficient (Wildman–Crippen LogP) is 2.55. The van der Waals surface area contributed by atoms with E-state index in [2.05, 4.69) is 5.32 Å². The molecule has 0 radical (unpaired) electrons. The SMILES string of the molecule is NCCCCC(=O)Nc1cc(F)cc(Cl)c1. The van der Waals surface area contributed by atoms with Gasteiger partial charge in [-0.1, -0.05) is 11.6 Å². The van der Waals surface area contributed by atoms with Crippen LogP contribution < -0.4 is 11.1 Å². The van der Waals surface area contributed by atoms with Crippen molar-refractivity contribution in [3.05, 3.63) is 29.0 Å². The monoisotopic (exact) mass is 244 g/mol. The van der Waals surface area contributed by atoms with Crippen LogP contribution in [0.3, 0.4) is 0 Å². The number of amides is 1. The fourth-order valence-corrected chi connectivity index (χ4v) is 1.50. The fourth-order valence-electron chi connectivity index (χ4n) is 1.28. The smallest absolute Gasteiger partial charge is 0.224 e. The van der Waals surface area contributed by atoms with E-state index >= 15 is 0 Å². The maximum Gasteiger partial charge on any atom is 0.224 e. The molecule has 0 heterocycles. The Morgan fingerprint density at radius 3 is 2.75 bits per heavy atom. The largest absolute Gasteiger partial charge is 0.330 e. The lowest BCUT2D eigenvalue weighted by molar-refractivity contribution is -0.116. The van der Waals surface area contributed by atoms with Crippen LogP contribution in [0.5, 0.6) is 0 Å². The number of carbonyl (C=O) groups is 1. The topological polar surface area (TPSA) is 55.1 Å². The predicted molar refractivity (Wildman–Crippen MR) is 62.9 cm³/mol. The van der Waals surface area contributed by atoms with Gasteiger partial charge in [0.25, 0.3) is 0 Å². The van der Waals surface area contributed by atoms with Gasteiger partial charge in [-0.15, -0.1) is 0 Å². The van der Waals surface area contributed by atoms with Crippen molar-refractivity contribution in [2.75, 3.05) is 11.9 Å². The molecule has 3 N–H and O–H groups in total. The van der Waals surface area contributed by atoms with Crippen LogP contribution in [0.1, 0.15) is 19.3 Å². The minimum atomic E-state index is -0.468. The highest BCUT2D eigenvalue weighted by atomic mass is 35.5. The third-order valence-corrected chi connectivity index (χ3v) is 2.22. The molecule has 0 aliphatic heterocycles. The molecule has 0 saturated heterocycles. The van der Waals surface area contributed by atoms with E-state index < -0.39 is 5.82 Å². The van der Waals surface area contributed by atoms with Crippen molar-refractivity contribution in [2.24, 2.45) is 5.73 Å². The van der Waals surface area contributed by atoms with E-state index in [1.165, 1.54) is 18.2 Å². The van der Waals surface area contributed by atoms with Crippen molar-refractivity contribution in [3.8, 4) is 0 Å². The van der Waals surface area contributed by atoms with Gasteiger partial charge in [0.15, 0.2) is 0 Å². The number of nitrogens with one attached hydrogen (secondary N) is 1. The zero-order valence-corrected chi connectivity index (χ0v) is 9.56. The number of unbranched alkanes of at least 4 members (excludes halogenated alkanes) is 1. The third kappa shape index (κ3) is 4.59. The Bertz CT molecular complexity index is 351. The molecule has 0 spiro atoms. The van der Waals surface area contributed by atoms with Crippen LogP contribution in [0.4, 0.5) is 10.1 Å². The van der Waals surface area contributed by atoms with Crippen LogP contribution in [0.25, 0.3) is 0 Å². The van der Waals surface area contributed by atoms with Gasteiger partial charge < -0.3 is 11.1 Å². The van der Waals surface area contributed by atoms with E-state index in [1.807, 2.05) is 0 Å². The van der Waals surface area contributed by atoms with E-state index in [9.17, 15) is 9.18 Å². The van der Waals surface area contributed by atoms with Crippen LogP contribution in [-0.4, -0.2) is 12.5 Å². The number of hydrogen-bond donors (Lipinski definition) is 2. The van der Waals surface area contributed by atoms with E-state index in [1.54, 1.807) is 0 Å². The highest BCUT2D eigenvalue weighted by Crippen LogP contribution is 2.18. The molecule has 0 fully saturated rings. The first-order valence-corrected chi connectivity index (χ1v) is 5.45. The van der Waals surface area contributed by atoms with Gasteiger partial charge in [-0.2, -0.15) is 0 Å². The van der Waals surface area contributed by atoms with Gasteiger partial charge in [-0.3, -0.25) is 4.79 Å². The molecule has 0 saturated carbocycles. The second-order valence-corrected chi connectivity index (χ2v) is 3.89. The Kier molecular flexibility index (Phi) is 5.22. The van der Waals surface area contributed by atoms with Crippen LogP contribution in [0.2, 0.25) is 5.02 Å². The van der Waals surface area contributed by atoms with Crippen LogP contribution in [0.15, 0.2) is 18.2 Å². The molecular formula is C11H14ClFN2O. The van der Waals surface area contributed by atoms with Crippen molar-refractivity contribution in [2.45, 2.75) is 19.3 Å². The molecular weight excluding hydrogens is 231 g/mol. The van der Waals surface area contributed by atoms with E-state index in [-0.39, 0.29) is 10.9 Å². The van der Waals surface area contributed by atoms with Crippen molar-refractivity contribution < 1.29 is 9.18 Å². The Morgan fingerprint density at radius 2 is 2.12 bits per heavy atom. The Hall–Kier alpha value is -1.13. The van der Waals surface area contributed by atoms with Gasteiger partial charge in [0, 0.05) is 17.1 Å². The van der Waals surface area contributed by atoms with Gasteiger partial charge in [0.1, 0.15) is 5.82 Å². The summed E-state index contributed by atoms with van der Waals surface area (Å²) < 4.78 is 12.9. The summed E-state index contributed by atoms with van der Waals surface area (Å²) in [6.07, 6.45) is 1.91. The molecule has 0 aliphatic carbocycles. The Balaban J connectivity index is 2.49. The maximum atomic E-state index is 12.9. The second kappa shape index (κ2) is 6.45. The lowest BCUT2D eigenvalue weighted by Crippen LogP contribution is -2.12. The van der Waals surface area contributed by atoms with Crippen LogP contribution >= 0.6 is 11.6 Å². The maximum absolute atomic E-state index is 12.9. The molecule has 1 aromatic rings. The van der Waals surface area contributed by atoms with Crippen molar-refractivity contribution in [1.82, 2.24) is 0 Å². The molecule has 1 amide bonds. The molecule has 0 bridgehead atoms. The summed E-state index contributed by atoms with van der Waals surface area (Å²) in [6, 6.07) is 3.92. The number of anilines is 1. The average Bonchev–Trinajstić information content (AvgIpc) is 2.16. The Labute approximate surface area is 98.8 Å². The summed E-state index contributed by atoms with van der Waals surface area (Å²) in [7, 11) is 0. The molecule has 3 nitrogen and oxygen atoms in total. The zero-order valence-electron chi connectivity index (χ0n) is 8.80. The summed E-state index contributed by atoms with van der Waals surface area (Å²) in [4.78, 5) is 11.4. The van der Waals surface area contributed by atoms with Crippen molar-refractivity contribution >= 4 is 23.2 Å². The first kappa shape index (κ1) is 12.9. The quantitative estimate of drug-likeness (QED) is 0.782. The second-order valence-electron chi connectivity index (χ2n) is 3.45. The molecule has 1 rings (SSSR count). The molecule has 0 atom stereocenters. The number of carbonyl (C=O) groups excluding carboxylic acids is 1. The minimum Gasteiger partial charge on any atom is -0.330 e. The first-order valence-electron chi connectivity index (χ1n) is 5.08. The summed E-state index contributed by atoms with van der Waals surface area (Å²) in [6.45, 7) is 0.569. The van der Waals surface area contributed by atoms with Gasteiger partial charge in [0.2, 0.25) is 5.91 Å². The number of rotatable bonds is 5. The summed E-state index contributed by atoms with van der Waals surface area (Å²) in [5, 5.41) is 2.84. The van der Waals surface area contributed by atoms with Crippen LogP contribution in [0, 0.1) is 5.82 Å². The minimum absolute atomic E-state index is 0.157. The molecule has 1 aromatic carbocycles. The van der Waals surface area contributed by atoms with E-state index in [0.717, 1.165) is 12.8 Å². The normalized spacial score (nSPS) is 10.2. The lowest BCUT2D eigenvalue weighted by atomic mass is 10.2. The van der Waals surface area contributed by atoms with E-state index in [0.29, 0.717) is 18.7 Å². The molecule has 16 heavy (non-hydrogen) atoms. The molecule has 5 heteroatoms. The van der Waals surface area contributed by atoms with Gasteiger partial charge in [-0.25, -0.2) is 4.39 Å². The van der Waals surface area contributed by atoms with Gasteiger partial charge in [0.05, 0.1) is 0 Å². The summed E-state index contributed by atoms with van der Waals surface area (Å²) in [5.41, 5.74) is 5.69. The highest BCUT2D eigenvalue weighted by molar-refractivity contribution is 6.30.